The number of carbonyl (C=O) groups is 1. The maximum atomic E-state index is 12.4. The molecule has 0 amide bonds. The number of nitrogens with zero attached hydrogens (tertiary/aromatic N) is 1. The lowest BCUT2D eigenvalue weighted by Gasteiger charge is -2.26. The monoisotopic (exact) mass is 273 g/mol. The molecule has 1 saturated heterocycles. The molecule has 0 radical (unpaired) electrons. The first-order valence-electron chi connectivity index (χ1n) is 6.75. The van der Waals surface area contributed by atoms with Crippen LogP contribution in [0.3, 0.4) is 0 Å². The maximum absolute atomic E-state index is 12.4. The summed E-state index contributed by atoms with van der Waals surface area (Å²) in [5.41, 5.74) is 0. The van der Waals surface area contributed by atoms with Crippen LogP contribution >= 0.6 is 0 Å². The van der Waals surface area contributed by atoms with Crippen LogP contribution in [0.5, 0.6) is 0 Å². The molecule has 2 fully saturated rings. The van der Waals surface area contributed by atoms with Gasteiger partial charge in [0, 0.05) is 0 Å². The van der Waals surface area contributed by atoms with Gasteiger partial charge in [0.25, 0.3) is 0 Å². The summed E-state index contributed by atoms with van der Waals surface area (Å²) in [6.45, 7) is 8.04. The summed E-state index contributed by atoms with van der Waals surface area (Å²) in [7, 11) is -1.12. The van der Waals surface area contributed by atoms with E-state index in [1.165, 1.54) is 6.42 Å². The SMILES string of the molecule is CCOC(=O)[C@H]1[C@@H](C2CCC2)N1[S@](=O)C(C)(C)C. The Morgan fingerprint density at radius 1 is 1.39 bits per heavy atom. The number of hydrogen-bond donors (Lipinski definition) is 0. The van der Waals surface area contributed by atoms with Gasteiger partial charge >= 0.3 is 5.97 Å². The Bertz CT molecular complexity index is 360. The standard InChI is InChI=1S/C13H23NO3S/c1-5-17-12(15)11-10(9-7-6-8-9)14(11)18(16)13(2,3)4/h9-11H,5-8H2,1-4H3/t10-,11-,14?,18-/m1/s1. The number of esters is 1. The lowest BCUT2D eigenvalue weighted by Crippen LogP contribution is -2.31. The largest absolute Gasteiger partial charge is 0.465 e. The van der Waals surface area contributed by atoms with Gasteiger partial charge in [-0.2, -0.15) is 0 Å². The fourth-order valence-electron chi connectivity index (χ4n) is 2.48. The van der Waals surface area contributed by atoms with Crippen LogP contribution in [0.4, 0.5) is 0 Å². The van der Waals surface area contributed by atoms with Gasteiger partial charge in [0.1, 0.15) is 17.0 Å². The number of ether oxygens (including phenoxy) is 1. The van der Waals surface area contributed by atoms with Gasteiger partial charge < -0.3 is 4.74 Å². The molecule has 0 bridgehead atoms. The third-order valence-electron chi connectivity index (χ3n) is 3.68. The molecule has 1 unspecified atom stereocenters. The van der Waals surface area contributed by atoms with Crippen molar-refractivity contribution >= 4 is 17.0 Å². The Kier molecular flexibility index (Phi) is 3.83. The number of rotatable bonds is 4. The first-order chi connectivity index (χ1) is 8.38. The van der Waals surface area contributed by atoms with Gasteiger partial charge in [-0.25, -0.2) is 8.51 Å². The summed E-state index contributed by atoms with van der Waals surface area (Å²) in [6, 6.07) is -0.117. The molecule has 4 nitrogen and oxygen atoms in total. The second kappa shape index (κ2) is 4.93. The first-order valence-corrected chi connectivity index (χ1v) is 7.85. The predicted molar refractivity (Wildman–Crippen MR) is 71.3 cm³/mol. The Morgan fingerprint density at radius 2 is 2.00 bits per heavy atom. The molecular formula is C13H23NO3S. The minimum atomic E-state index is -1.12. The molecule has 5 heteroatoms. The van der Waals surface area contributed by atoms with E-state index in [0.29, 0.717) is 12.5 Å². The molecule has 18 heavy (non-hydrogen) atoms. The van der Waals surface area contributed by atoms with Crippen molar-refractivity contribution in [2.24, 2.45) is 5.92 Å². The molecule has 2 aliphatic rings. The highest BCUT2D eigenvalue weighted by Crippen LogP contribution is 2.47. The summed E-state index contributed by atoms with van der Waals surface area (Å²) < 4.78 is 19.1. The molecule has 104 valence electrons. The Morgan fingerprint density at radius 3 is 2.39 bits per heavy atom. The Labute approximate surface area is 112 Å². The van der Waals surface area contributed by atoms with Crippen LogP contribution in [0.2, 0.25) is 0 Å². The van der Waals surface area contributed by atoms with E-state index >= 15 is 0 Å². The lowest BCUT2D eigenvalue weighted by molar-refractivity contribution is -0.143. The van der Waals surface area contributed by atoms with Gasteiger partial charge in [-0.15, -0.1) is 0 Å². The van der Waals surface area contributed by atoms with Crippen LogP contribution < -0.4 is 0 Å². The molecule has 1 aliphatic carbocycles. The predicted octanol–water partition coefficient (Wildman–Crippen LogP) is 1.86. The van der Waals surface area contributed by atoms with Gasteiger partial charge in [-0.3, -0.25) is 4.79 Å². The average Bonchev–Trinajstić information content (AvgIpc) is 2.88. The van der Waals surface area contributed by atoms with Gasteiger partial charge in [0.2, 0.25) is 0 Å². The summed E-state index contributed by atoms with van der Waals surface area (Å²) in [5, 5.41) is 0. The molecule has 0 aromatic heterocycles. The van der Waals surface area contributed by atoms with Crippen LogP contribution in [0.1, 0.15) is 47.0 Å². The van der Waals surface area contributed by atoms with Crippen molar-refractivity contribution in [3.63, 3.8) is 0 Å². The molecule has 0 aromatic carbocycles. The third kappa shape index (κ3) is 2.48. The zero-order chi connectivity index (χ0) is 13.5. The minimum absolute atomic E-state index is 0.151. The van der Waals surface area contributed by atoms with Crippen molar-refractivity contribution in [2.75, 3.05) is 6.61 Å². The first kappa shape index (κ1) is 14.0. The summed E-state index contributed by atoms with van der Waals surface area (Å²) in [4.78, 5) is 11.9. The molecule has 0 aromatic rings. The van der Waals surface area contributed by atoms with Crippen molar-refractivity contribution < 1.29 is 13.7 Å². The average molecular weight is 273 g/mol. The zero-order valence-corrected chi connectivity index (χ0v) is 12.5. The van der Waals surface area contributed by atoms with Gasteiger partial charge in [0.15, 0.2) is 0 Å². The Balaban J connectivity index is 2.07. The van der Waals surface area contributed by atoms with Crippen LogP contribution in [0, 0.1) is 5.92 Å². The molecule has 2 rings (SSSR count). The van der Waals surface area contributed by atoms with Gasteiger partial charge in [-0.1, -0.05) is 6.42 Å². The molecular weight excluding hydrogens is 250 g/mol. The van der Waals surface area contributed by atoms with Crippen LogP contribution in [-0.2, 0) is 20.5 Å². The topological polar surface area (TPSA) is 46.4 Å². The van der Waals surface area contributed by atoms with Crippen LogP contribution in [-0.4, -0.2) is 37.9 Å². The second-order valence-electron chi connectivity index (χ2n) is 6.10. The van der Waals surface area contributed by atoms with Crippen molar-refractivity contribution in [3.8, 4) is 0 Å². The molecule has 0 spiro atoms. The lowest BCUT2D eigenvalue weighted by atomic mass is 9.82. The molecule has 4 atom stereocenters. The summed E-state index contributed by atoms with van der Waals surface area (Å²) >= 11 is 0. The smallest absolute Gasteiger partial charge is 0.326 e. The van der Waals surface area contributed by atoms with Crippen molar-refractivity contribution in [1.29, 1.82) is 0 Å². The summed E-state index contributed by atoms with van der Waals surface area (Å²) in [5.74, 6) is 0.331. The van der Waals surface area contributed by atoms with Crippen LogP contribution in [0.25, 0.3) is 0 Å². The molecule has 1 saturated carbocycles. The van der Waals surface area contributed by atoms with E-state index in [1.807, 2.05) is 32.0 Å². The van der Waals surface area contributed by atoms with E-state index in [9.17, 15) is 9.00 Å². The van der Waals surface area contributed by atoms with E-state index in [2.05, 4.69) is 0 Å². The highest BCUT2D eigenvalue weighted by molar-refractivity contribution is 7.84. The third-order valence-corrected chi connectivity index (χ3v) is 5.58. The van der Waals surface area contributed by atoms with E-state index < -0.39 is 11.0 Å². The maximum Gasteiger partial charge on any atom is 0.326 e. The van der Waals surface area contributed by atoms with Crippen molar-refractivity contribution in [3.05, 3.63) is 0 Å². The van der Waals surface area contributed by atoms with Crippen molar-refractivity contribution in [1.82, 2.24) is 4.31 Å². The fourth-order valence-corrected chi connectivity index (χ4v) is 3.98. The highest BCUT2D eigenvalue weighted by Gasteiger charge is 2.62. The van der Waals surface area contributed by atoms with Crippen molar-refractivity contribution in [2.45, 2.75) is 63.8 Å². The normalized spacial score (nSPS) is 33.7. The molecule has 1 heterocycles. The van der Waals surface area contributed by atoms with E-state index in [-0.39, 0.29) is 22.8 Å². The Hall–Kier alpha value is -0.420. The van der Waals surface area contributed by atoms with Gasteiger partial charge in [-0.05, 0) is 46.5 Å². The fraction of sp³-hybridized carbons (Fsp3) is 0.923. The zero-order valence-electron chi connectivity index (χ0n) is 11.6. The molecule has 1 aliphatic heterocycles. The molecule has 0 N–H and O–H groups in total. The van der Waals surface area contributed by atoms with E-state index in [1.54, 1.807) is 0 Å². The van der Waals surface area contributed by atoms with Crippen LogP contribution in [0.15, 0.2) is 0 Å². The highest BCUT2D eigenvalue weighted by atomic mass is 32.2. The minimum Gasteiger partial charge on any atom is -0.465 e. The second-order valence-corrected chi connectivity index (χ2v) is 8.24. The number of hydrogen-bond acceptors (Lipinski definition) is 3. The van der Waals surface area contributed by atoms with E-state index in [0.717, 1.165) is 12.8 Å². The number of carbonyl (C=O) groups excluding carboxylic acids is 1. The quantitative estimate of drug-likeness (QED) is 0.580. The van der Waals surface area contributed by atoms with E-state index in [4.69, 9.17) is 4.74 Å². The summed E-state index contributed by atoms with van der Waals surface area (Å²) in [6.07, 6.45) is 3.53. The van der Waals surface area contributed by atoms with Gasteiger partial charge in [0.05, 0.1) is 17.4 Å².